The number of nitrogens with zero attached hydrogens (tertiary/aromatic N) is 4. The van der Waals surface area contributed by atoms with Gasteiger partial charge < -0.3 is 47.9 Å². The number of imide groups is 1. The minimum absolute atomic E-state index is 0. The van der Waals surface area contributed by atoms with Gasteiger partial charge in [0, 0.05) is 18.7 Å². The number of aromatic nitrogens is 1. The molecule has 0 radical (unpaired) electrons. The zero-order valence-electron chi connectivity index (χ0n) is 31.2. The molecule has 1 aromatic heterocycles. The second-order valence-electron chi connectivity index (χ2n) is 10.2. The monoisotopic (exact) mass is 914 g/mol. The Morgan fingerprint density at radius 3 is 1.66 bits per heavy atom. The molecule has 2 heterocycles. The van der Waals surface area contributed by atoms with E-state index in [1.54, 1.807) is 0 Å². The fourth-order valence-electron chi connectivity index (χ4n) is 4.50. The number of rotatable bonds is 16. The summed E-state index contributed by atoms with van der Waals surface area (Å²) in [5.74, 6) is -11.8. The average Bonchev–Trinajstić information content (AvgIpc) is 2.99. The number of allylic oxidation sites excluding steroid dienone is 2. The molecule has 1 aromatic rings. The predicted molar refractivity (Wildman–Crippen MR) is 165 cm³/mol. The Morgan fingerprint density at radius 1 is 0.786 bits per heavy atom. The van der Waals surface area contributed by atoms with Crippen LogP contribution in [0.15, 0.2) is 33.7 Å². The van der Waals surface area contributed by atoms with Crippen molar-refractivity contribution >= 4 is 72.1 Å². The first-order chi connectivity index (χ1) is 23.5. The number of aliphatic hydroxyl groups excluding tert-OH is 2. The van der Waals surface area contributed by atoms with Crippen molar-refractivity contribution in [3.8, 4) is 5.88 Å². The summed E-state index contributed by atoms with van der Waals surface area (Å²) < 4.78 is 113. The minimum Gasteiger partial charge on any atom is -0.860 e. The predicted octanol–water partition coefficient (Wildman–Crippen LogP) is -20.2. The van der Waals surface area contributed by atoms with Crippen LogP contribution in [0.4, 0.5) is 0 Å². The Hall–Kier alpha value is 1.01. The molecule has 284 valence electrons. The van der Waals surface area contributed by atoms with Crippen molar-refractivity contribution in [1.29, 1.82) is 0 Å². The van der Waals surface area contributed by atoms with E-state index in [2.05, 4.69) is 0 Å². The number of hydrogen-bond donors (Lipinski definition) is 2. The maximum atomic E-state index is 13.3. The molecule has 1 aliphatic heterocycles. The summed E-state index contributed by atoms with van der Waals surface area (Å²) in [6, 6.07) is 0. The van der Waals surface area contributed by atoms with Gasteiger partial charge in [0.05, 0.1) is 43.5 Å². The van der Waals surface area contributed by atoms with Gasteiger partial charge in [-0.3, -0.25) is 37.3 Å². The smallest absolute Gasteiger partial charge is 0.860 e. The molecule has 2 unspecified atom stereocenters. The van der Waals surface area contributed by atoms with Crippen LogP contribution in [0, 0.1) is 6.92 Å². The minimum atomic E-state index is -5.05. The van der Waals surface area contributed by atoms with Gasteiger partial charge >= 0.3 is 148 Å². The molecular formula is C25H27N4Na5O18S4. The van der Waals surface area contributed by atoms with Crippen LogP contribution in [0.25, 0.3) is 6.08 Å². The summed E-state index contributed by atoms with van der Waals surface area (Å²) in [6.45, 7) is -2.59. The summed E-state index contributed by atoms with van der Waals surface area (Å²) in [7, 11) is -10.1. The third-order valence-electron chi connectivity index (χ3n) is 6.95. The van der Waals surface area contributed by atoms with Crippen molar-refractivity contribution in [1.82, 2.24) is 19.3 Å². The van der Waals surface area contributed by atoms with Crippen molar-refractivity contribution in [2.45, 2.75) is 20.4 Å². The first kappa shape index (κ1) is 63.6. The molecule has 0 fully saturated rings. The first-order valence-electron chi connectivity index (χ1n) is 13.7. The van der Waals surface area contributed by atoms with Crippen LogP contribution in [0.3, 0.4) is 0 Å². The van der Waals surface area contributed by atoms with E-state index in [1.807, 2.05) is 0 Å². The number of pyridine rings is 1. The number of carbonyl (C=O) groups excluding carboxylic acids is 4. The molecule has 22 nitrogen and oxygen atoms in total. The molecule has 0 aromatic carbocycles. The largest absolute Gasteiger partial charge is 1.00 e. The molecule has 31 heteroatoms. The molecule has 0 spiro atoms. The van der Waals surface area contributed by atoms with Crippen LogP contribution < -0.4 is 158 Å². The maximum Gasteiger partial charge on any atom is 1.00 e. The van der Waals surface area contributed by atoms with E-state index in [0.29, 0.717) is 0 Å². The van der Waals surface area contributed by atoms with E-state index in [9.17, 15) is 82.8 Å². The molecule has 2 N–H and O–H groups in total. The normalized spacial score (nSPS) is 14.8. The van der Waals surface area contributed by atoms with Crippen LogP contribution in [-0.4, -0.2) is 140 Å². The Morgan fingerprint density at radius 2 is 1.23 bits per heavy atom. The second-order valence-corrected chi connectivity index (χ2v) is 15.0. The SMILES string of the molecule is CC1=C(C(=O)N(CO)CS(=O)[O-])C(=O)N(CCS(=O)(=O)[O-])C(=O)/C1=C\C=Cc1c(C)c(C(=O)N(CO)CS(=O)[O-])c(=O)n(CCS(=O)(=O)[O-])c1[O-].[Na+].[Na+].[Na+].[Na+].[Na+]. The Bertz CT molecular complexity index is 2060. The Balaban J connectivity index is -0.00000270. The summed E-state index contributed by atoms with van der Waals surface area (Å²) >= 11 is -5.96. The average molecular weight is 915 g/mol. The molecule has 1 aliphatic rings. The van der Waals surface area contributed by atoms with Gasteiger partial charge in [-0.05, 0) is 64.7 Å². The van der Waals surface area contributed by atoms with E-state index in [-0.39, 0.29) is 167 Å². The number of aliphatic hydroxyl groups is 2. The number of hydrogen-bond acceptors (Lipinski definition) is 18. The molecule has 0 saturated heterocycles. The van der Waals surface area contributed by atoms with Crippen molar-refractivity contribution in [3.63, 3.8) is 0 Å². The molecule has 4 amide bonds. The molecule has 2 rings (SSSR count). The van der Waals surface area contributed by atoms with Crippen molar-refractivity contribution in [2.75, 3.05) is 43.3 Å². The first-order valence-corrected chi connectivity index (χ1v) is 19.3. The zero-order valence-corrected chi connectivity index (χ0v) is 44.5. The van der Waals surface area contributed by atoms with Gasteiger partial charge in [0.1, 0.15) is 24.6 Å². The summed E-state index contributed by atoms with van der Waals surface area (Å²) in [5.41, 5.74) is -5.42. The standard InChI is InChI=1S/C25H32N4O18S4.5Na/c1-14-16(20(32)28(6-8-50(42,43)44)24(36)18(14)22(34)26(10-30)12-48(38)39)4-3-5-17-15(2)19(23(35)27(11-31)13-49(40)41)25(37)29(21(17)33)7-9-51(45,46)47;;;;;/h3-5,30-32H,6-13H2,1-2H3,(H,38,39)(H,40,41)(H,42,43,44)(H,45,46,47);;;;;/q;5*+1/p-5/b4-3?,17-5-;;;;;. The van der Waals surface area contributed by atoms with Crippen LogP contribution in [0.1, 0.15) is 28.4 Å². The van der Waals surface area contributed by atoms with E-state index in [0.717, 1.165) is 32.1 Å². The van der Waals surface area contributed by atoms with Gasteiger partial charge in [-0.15, -0.1) is 0 Å². The van der Waals surface area contributed by atoms with Gasteiger partial charge in [0.2, 0.25) is 0 Å². The second kappa shape index (κ2) is 27.9. The van der Waals surface area contributed by atoms with Crippen LogP contribution in [-0.2, 0) is 63.3 Å². The number of amides is 4. The zero-order chi connectivity index (χ0) is 39.2. The fourth-order valence-corrected chi connectivity index (χ4v) is 6.22. The third-order valence-corrected chi connectivity index (χ3v) is 9.36. The number of carbonyl (C=O) groups is 4. The molecule has 0 saturated carbocycles. The van der Waals surface area contributed by atoms with Gasteiger partial charge in [0.25, 0.3) is 29.2 Å². The van der Waals surface area contributed by atoms with Crippen molar-refractivity contribution in [2.24, 2.45) is 0 Å². The summed E-state index contributed by atoms with van der Waals surface area (Å²) in [6.07, 6.45) is 2.55. The van der Waals surface area contributed by atoms with Gasteiger partial charge in [-0.1, -0.05) is 12.2 Å². The van der Waals surface area contributed by atoms with Crippen LogP contribution in [0.5, 0.6) is 5.88 Å². The topological polar surface area (TPSA) is 358 Å². The quantitative estimate of drug-likeness (QED) is 0.0296. The summed E-state index contributed by atoms with van der Waals surface area (Å²) in [5, 5.41) is 32.4. The molecule has 0 bridgehead atoms. The Kier molecular flexibility index (Phi) is 31.7. The van der Waals surface area contributed by atoms with E-state index in [4.69, 9.17) is 0 Å². The van der Waals surface area contributed by atoms with E-state index in [1.165, 1.54) is 0 Å². The molecule has 56 heavy (non-hydrogen) atoms. The molecule has 0 aliphatic carbocycles. The van der Waals surface area contributed by atoms with Gasteiger partial charge in [0.15, 0.2) is 0 Å². The van der Waals surface area contributed by atoms with Gasteiger partial charge in [-0.2, -0.15) is 0 Å². The Labute approximate surface area is 436 Å². The summed E-state index contributed by atoms with van der Waals surface area (Å²) in [4.78, 5) is 66.7. The third kappa shape index (κ3) is 17.8. The van der Waals surface area contributed by atoms with Gasteiger partial charge in [-0.25, -0.2) is 16.8 Å². The van der Waals surface area contributed by atoms with Crippen molar-refractivity contribution in [3.05, 3.63) is 55.9 Å². The van der Waals surface area contributed by atoms with Crippen LogP contribution >= 0.6 is 0 Å². The molecular weight excluding hydrogens is 888 g/mol. The van der Waals surface area contributed by atoms with Crippen molar-refractivity contribution < 1.29 is 226 Å². The van der Waals surface area contributed by atoms with E-state index < -0.39 is 161 Å². The maximum absolute atomic E-state index is 13.3. The van der Waals surface area contributed by atoms with Crippen LogP contribution in [0.2, 0.25) is 0 Å². The van der Waals surface area contributed by atoms with E-state index >= 15 is 0 Å². The fraction of sp³-hybridized carbons (Fsp3) is 0.400. The molecule has 2 atom stereocenters.